The number of ether oxygens (including phenoxy) is 4. The highest BCUT2D eigenvalue weighted by atomic mass is 16.5. The summed E-state index contributed by atoms with van der Waals surface area (Å²) in [6, 6.07) is -1.13. The van der Waals surface area contributed by atoms with E-state index >= 15 is 0 Å². The molecule has 3 amide bonds. The Morgan fingerprint density at radius 1 is 0.500 bits per heavy atom. The quantitative estimate of drug-likeness (QED) is 0.0546. The van der Waals surface area contributed by atoms with Crippen molar-refractivity contribution in [3.8, 4) is 0 Å². The monoisotopic (exact) mass is 774 g/mol. The van der Waals surface area contributed by atoms with Crippen LogP contribution in [0.25, 0.3) is 0 Å². The fraction of sp³-hybridized carbons (Fsp3) is 0.846. The molecule has 54 heavy (non-hydrogen) atoms. The molecule has 0 aromatic carbocycles. The molecule has 0 bridgehead atoms. The van der Waals surface area contributed by atoms with Gasteiger partial charge in [0.1, 0.15) is 19.3 Å². The SMILES string of the molecule is CC(C)(C)C(=O)COCCOCCNC(=O)COCCOCCNC(=O)CCC(NC(=O)CCCCCCCCCCCCCCCCC(=O)O)C(=O)O. The second-order valence-corrected chi connectivity index (χ2v) is 14.5. The number of aliphatic carboxylic acids is 2. The number of Topliss-reactive ketones (excluding diaryl/α,β-unsaturated/α-hetero) is 1. The van der Waals surface area contributed by atoms with Crippen LogP contribution in [0.3, 0.4) is 0 Å². The van der Waals surface area contributed by atoms with E-state index < -0.39 is 23.4 Å². The summed E-state index contributed by atoms with van der Waals surface area (Å²) in [5.41, 5.74) is -0.435. The van der Waals surface area contributed by atoms with E-state index in [-0.39, 0.29) is 88.8 Å². The zero-order valence-corrected chi connectivity index (χ0v) is 33.4. The summed E-state index contributed by atoms with van der Waals surface area (Å²) in [4.78, 5) is 70.1. The normalized spacial score (nSPS) is 11.9. The second-order valence-electron chi connectivity index (χ2n) is 14.5. The fourth-order valence-corrected chi connectivity index (χ4v) is 5.13. The molecular formula is C39H71N3O12. The molecule has 0 saturated heterocycles. The van der Waals surface area contributed by atoms with Crippen molar-refractivity contribution in [1.29, 1.82) is 0 Å². The van der Waals surface area contributed by atoms with Crippen molar-refractivity contribution in [2.24, 2.45) is 5.41 Å². The Hall–Kier alpha value is -3.14. The Morgan fingerprint density at radius 2 is 0.926 bits per heavy atom. The third-order valence-electron chi connectivity index (χ3n) is 8.52. The predicted molar refractivity (Wildman–Crippen MR) is 204 cm³/mol. The first-order valence-corrected chi connectivity index (χ1v) is 19.9. The Morgan fingerprint density at radius 3 is 1.39 bits per heavy atom. The largest absolute Gasteiger partial charge is 0.481 e. The minimum atomic E-state index is -1.18. The number of hydrogen-bond acceptors (Lipinski definition) is 10. The number of hydrogen-bond donors (Lipinski definition) is 5. The van der Waals surface area contributed by atoms with Gasteiger partial charge in [0.15, 0.2) is 5.78 Å². The van der Waals surface area contributed by atoms with Crippen LogP contribution in [0.15, 0.2) is 0 Å². The van der Waals surface area contributed by atoms with Gasteiger partial charge in [-0.15, -0.1) is 0 Å². The number of nitrogens with one attached hydrogen (secondary N) is 3. The molecule has 5 N–H and O–H groups in total. The van der Waals surface area contributed by atoms with Crippen LogP contribution in [0.4, 0.5) is 0 Å². The van der Waals surface area contributed by atoms with Crippen molar-refractivity contribution < 1.29 is 57.9 Å². The lowest BCUT2D eigenvalue weighted by Crippen LogP contribution is -2.41. The highest BCUT2D eigenvalue weighted by molar-refractivity contribution is 5.85. The molecule has 0 spiro atoms. The standard InChI is InChI=1S/C39H71N3O12/c1-39(2,3)33(43)30-53-28-26-52-25-23-41-36(46)31-54-29-27-51-24-22-40-34(44)21-20-32(38(49)50)42-35(45)18-16-14-12-10-8-6-4-5-7-9-11-13-15-17-19-37(47)48/h32H,4-31H2,1-3H3,(H,40,44)(H,41,46)(H,42,45)(H,47,48)(H,49,50). The molecule has 15 nitrogen and oxygen atoms in total. The lowest BCUT2D eigenvalue weighted by molar-refractivity contribution is -0.142. The molecule has 15 heteroatoms. The maximum atomic E-state index is 12.3. The molecule has 314 valence electrons. The van der Waals surface area contributed by atoms with Crippen molar-refractivity contribution >= 4 is 35.4 Å². The third-order valence-corrected chi connectivity index (χ3v) is 8.52. The van der Waals surface area contributed by atoms with Gasteiger partial charge in [0, 0.05) is 37.8 Å². The summed E-state index contributed by atoms with van der Waals surface area (Å²) in [7, 11) is 0. The van der Waals surface area contributed by atoms with Gasteiger partial charge in [-0.3, -0.25) is 24.0 Å². The smallest absolute Gasteiger partial charge is 0.326 e. The average Bonchev–Trinajstić information content (AvgIpc) is 3.11. The zero-order valence-electron chi connectivity index (χ0n) is 33.4. The molecule has 0 saturated carbocycles. The van der Waals surface area contributed by atoms with E-state index in [1.165, 1.54) is 44.9 Å². The minimum Gasteiger partial charge on any atom is -0.481 e. The van der Waals surface area contributed by atoms with Crippen molar-refractivity contribution in [3.63, 3.8) is 0 Å². The Balaban J connectivity index is 3.67. The first-order valence-electron chi connectivity index (χ1n) is 19.9. The van der Waals surface area contributed by atoms with Gasteiger partial charge in [-0.05, 0) is 19.3 Å². The average molecular weight is 774 g/mol. The van der Waals surface area contributed by atoms with Gasteiger partial charge in [-0.1, -0.05) is 97.8 Å². The van der Waals surface area contributed by atoms with E-state index in [0.717, 1.165) is 38.5 Å². The van der Waals surface area contributed by atoms with E-state index in [2.05, 4.69) is 16.0 Å². The van der Waals surface area contributed by atoms with Crippen molar-refractivity contribution in [2.75, 3.05) is 65.9 Å². The van der Waals surface area contributed by atoms with Crippen LogP contribution in [0.2, 0.25) is 0 Å². The lowest BCUT2D eigenvalue weighted by atomic mass is 9.91. The molecule has 0 aromatic heterocycles. The van der Waals surface area contributed by atoms with Crippen LogP contribution < -0.4 is 16.0 Å². The number of rotatable bonds is 38. The van der Waals surface area contributed by atoms with Gasteiger partial charge in [0.05, 0.1) is 39.6 Å². The molecule has 0 aliphatic rings. The molecule has 1 atom stereocenters. The zero-order chi connectivity index (χ0) is 40.3. The number of carbonyl (C=O) groups is 6. The molecule has 0 aliphatic carbocycles. The van der Waals surface area contributed by atoms with E-state index in [4.69, 9.17) is 24.1 Å². The Labute approximate surface area is 322 Å². The van der Waals surface area contributed by atoms with Gasteiger partial charge < -0.3 is 45.1 Å². The maximum absolute atomic E-state index is 12.3. The van der Waals surface area contributed by atoms with Crippen LogP contribution in [-0.2, 0) is 47.7 Å². The van der Waals surface area contributed by atoms with E-state index in [1.54, 1.807) is 0 Å². The summed E-state index contributed by atoms with van der Waals surface area (Å²) in [5.74, 6) is -2.83. The molecule has 1 unspecified atom stereocenters. The maximum Gasteiger partial charge on any atom is 0.326 e. The molecule has 0 aromatic rings. The first kappa shape index (κ1) is 50.9. The van der Waals surface area contributed by atoms with Crippen molar-refractivity contribution in [3.05, 3.63) is 0 Å². The summed E-state index contributed by atoms with van der Waals surface area (Å²) in [5, 5.41) is 26.0. The summed E-state index contributed by atoms with van der Waals surface area (Å²) in [6.45, 7) is 7.48. The minimum absolute atomic E-state index is 0.0170. The van der Waals surface area contributed by atoms with Gasteiger partial charge in [0.25, 0.3) is 0 Å². The van der Waals surface area contributed by atoms with Crippen molar-refractivity contribution in [1.82, 2.24) is 16.0 Å². The van der Waals surface area contributed by atoms with Crippen LogP contribution in [0, 0.1) is 5.41 Å². The first-order chi connectivity index (χ1) is 25.8. The molecule has 0 rings (SSSR count). The summed E-state index contributed by atoms with van der Waals surface area (Å²) >= 11 is 0. The van der Waals surface area contributed by atoms with Gasteiger partial charge >= 0.3 is 11.9 Å². The molecule has 0 fully saturated rings. The summed E-state index contributed by atoms with van der Waals surface area (Å²) in [6.07, 6.45) is 15.6. The lowest BCUT2D eigenvalue weighted by Gasteiger charge is -2.16. The summed E-state index contributed by atoms with van der Waals surface area (Å²) < 4.78 is 21.3. The van der Waals surface area contributed by atoms with Crippen LogP contribution >= 0.6 is 0 Å². The number of amides is 3. The number of unbranched alkanes of at least 4 members (excludes halogenated alkanes) is 13. The van der Waals surface area contributed by atoms with E-state index in [1.807, 2.05) is 20.8 Å². The van der Waals surface area contributed by atoms with Gasteiger partial charge in [-0.2, -0.15) is 0 Å². The number of ketones is 1. The number of carboxylic acid groups (broad SMARTS) is 2. The van der Waals surface area contributed by atoms with Crippen molar-refractivity contribution in [2.45, 2.75) is 142 Å². The van der Waals surface area contributed by atoms with E-state index in [0.29, 0.717) is 32.8 Å². The number of carbonyl (C=O) groups excluding carboxylic acids is 4. The fourth-order valence-electron chi connectivity index (χ4n) is 5.13. The molecule has 0 radical (unpaired) electrons. The number of carboxylic acids is 2. The highest BCUT2D eigenvalue weighted by Crippen LogP contribution is 2.15. The van der Waals surface area contributed by atoms with Crippen LogP contribution in [0.1, 0.15) is 136 Å². The Kier molecular flexibility index (Phi) is 32.4. The molecule has 0 heterocycles. The Bertz CT molecular complexity index is 1030. The van der Waals surface area contributed by atoms with E-state index in [9.17, 15) is 33.9 Å². The van der Waals surface area contributed by atoms with Gasteiger partial charge in [-0.25, -0.2) is 4.79 Å². The topological polar surface area (TPSA) is 216 Å². The third kappa shape index (κ3) is 34.6. The second kappa shape index (κ2) is 34.4. The van der Waals surface area contributed by atoms with Crippen LogP contribution in [0.5, 0.6) is 0 Å². The molecule has 0 aliphatic heterocycles. The highest BCUT2D eigenvalue weighted by Gasteiger charge is 2.21. The van der Waals surface area contributed by atoms with Crippen LogP contribution in [-0.4, -0.2) is 118 Å². The molecular weight excluding hydrogens is 702 g/mol. The van der Waals surface area contributed by atoms with Gasteiger partial charge in [0.2, 0.25) is 17.7 Å². The predicted octanol–water partition coefficient (Wildman–Crippen LogP) is 4.58.